The molecular weight excluding hydrogens is 1190 g/mol. The fourth-order valence-electron chi connectivity index (χ4n) is 6.55. The highest BCUT2D eigenvalue weighted by Gasteiger charge is 2.21. The van der Waals surface area contributed by atoms with E-state index in [4.69, 9.17) is 28.4 Å². The zero-order valence-electron chi connectivity index (χ0n) is 55.9. The van der Waals surface area contributed by atoms with E-state index in [9.17, 15) is 54.6 Å². The summed E-state index contributed by atoms with van der Waals surface area (Å²) in [6, 6.07) is 20.6. The molecule has 1 unspecified atom stereocenters. The van der Waals surface area contributed by atoms with Gasteiger partial charge in [0.2, 0.25) is 0 Å². The predicted octanol–water partition coefficient (Wildman–Crippen LogP) is 14.4. The topological polar surface area (TPSA) is 297 Å². The second-order valence-electron chi connectivity index (χ2n) is 21.9. The van der Waals surface area contributed by atoms with Gasteiger partial charge in [-0.25, -0.2) is 14.4 Å². The van der Waals surface area contributed by atoms with Crippen LogP contribution in [0.15, 0.2) is 109 Å². The Balaban J connectivity index is 0.00000118. The first-order valence-corrected chi connectivity index (χ1v) is 29.7. The molecule has 22 nitrogen and oxygen atoms in total. The molecule has 3 N–H and O–H groups in total. The summed E-state index contributed by atoms with van der Waals surface area (Å²) in [5.74, 6) is 23.5. The van der Waals surface area contributed by atoms with Crippen LogP contribution < -0.4 is 10.6 Å². The van der Waals surface area contributed by atoms with Crippen LogP contribution in [0.4, 0.5) is 26.7 Å². The smallest absolute Gasteiger partial charge is 0.507 e. The van der Waals surface area contributed by atoms with Gasteiger partial charge in [0.1, 0.15) is 24.7 Å². The van der Waals surface area contributed by atoms with Crippen LogP contribution in [-0.4, -0.2) is 83.5 Å². The molecule has 0 aliphatic carbocycles. The summed E-state index contributed by atoms with van der Waals surface area (Å²) in [5.41, 5.74) is 4.98. The third-order valence-corrected chi connectivity index (χ3v) is 11.0. The quantitative estimate of drug-likeness (QED) is 0.0139. The number of carbonyl (C=O) groups is 4. The molecule has 0 aliphatic heterocycles. The summed E-state index contributed by atoms with van der Waals surface area (Å²) in [4.78, 5) is 76.9. The number of ketones is 1. The van der Waals surface area contributed by atoms with Crippen molar-refractivity contribution in [2.24, 2.45) is 23.7 Å². The van der Waals surface area contributed by atoms with Gasteiger partial charge in [-0.15, -0.1) is 11.8 Å². The van der Waals surface area contributed by atoms with Crippen molar-refractivity contribution in [2.45, 2.75) is 129 Å². The molecule has 0 spiro atoms. The van der Waals surface area contributed by atoms with Gasteiger partial charge in [-0.2, -0.15) is 0 Å². The van der Waals surface area contributed by atoms with E-state index in [2.05, 4.69) is 71.2 Å². The minimum atomic E-state index is -0.856. The molecule has 4 aromatic carbocycles. The molecule has 0 bridgehead atoms. The van der Waals surface area contributed by atoms with E-state index in [1.807, 2.05) is 83.1 Å². The van der Waals surface area contributed by atoms with Crippen LogP contribution in [-0.2, 0) is 51.2 Å². The fourth-order valence-corrected chi connectivity index (χ4v) is 6.55. The summed E-state index contributed by atoms with van der Waals surface area (Å²) in [5, 5.41) is 48.7. The molecule has 0 aliphatic rings. The predicted molar refractivity (Wildman–Crippen MR) is 359 cm³/mol. The van der Waals surface area contributed by atoms with E-state index in [0.717, 1.165) is 11.4 Å². The number of benzene rings is 4. The largest absolute Gasteiger partial charge is 0.508 e. The van der Waals surface area contributed by atoms with E-state index in [1.54, 1.807) is 55.5 Å². The number of para-hydroxylation sites is 1. The molecule has 0 aromatic heterocycles. The van der Waals surface area contributed by atoms with Crippen LogP contribution in [0.25, 0.3) is 6.08 Å². The molecule has 93 heavy (non-hydrogen) atoms. The van der Waals surface area contributed by atoms with E-state index < -0.39 is 33.0 Å². The first-order valence-electron chi connectivity index (χ1n) is 29.7. The van der Waals surface area contributed by atoms with Crippen molar-refractivity contribution in [1.82, 2.24) is 10.6 Å². The van der Waals surface area contributed by atoms with Crippen molar-refractivity contribution >= 4 is 47.2 Å². The number of phenolic OH excluding ortho intramolecular Hbond substituents is 1. The summed E-state index contributed by atoms with van der Waals surface area (Å²) in [6.45, 7) is 35.5. The van der Waals surface area contributed by atoms with Crippen molar-refractivity contribution in [2.75, 3.05) is 39.5 Å². The Morgan fingerprint density at radius 2 is 1.01 bits per heavy atom. The molecule has 0 radical (unpaired) electrons. The van der Waals surface area contributed by atoms with Gasteiger partial charge in [0.05, 0.1) is 70.5 Å². The minimum absolute atomic E-state index is 0.0135. The Morgan fingerprint density at radius 3 is 1.46 bits per heavy atom. The first kappa shape index (κ1) is 82.6. The van der Waals surface area contributed by atoms with Gasteiger partial charge in [0.15, 0.2) is 0 Å². The molecular formula is C71H89N5O17. The Bertz CT molecular complexity index is 3410. The summed E-state index contributed by atoms with van der Waals surface area (Å²) in [7, 11) is 0. The monoisotopic (exact) mass is 1280 g/mol. The molecule has 0 saturated carbocycles. The van der Waals surface area contributed by atoms with Gasteiger partial charge in [-0.05, 0) is 114 Å². The number of nitro benzene ring substituents is 3. The Labute approximate surface area is 547 Å². The minimum Gasteiger partial charge on any atom is -0.507 e. The number of nitrogens with one attached hydrogen (secondary N) is 2. The number of Topliss-reactive ketones (excluding diaryl/α,β-unsaturated/α-hetero) is 1. The number of esters is 1. The van der Waals surface area contributed by atoms with Gasteiger partial charge in [-0.1, -0.05) is 122 Å². The second-order valence-corrected chi connectivity index (χ2v) is 21.9. The third-order valence-electron chi connectivity index (χ3n) is 11.0. The number of hydrogen-bond acceptors (Lipinski definition) is 19. The summed E-state index contributed by atoms with van der Waals surface area (Å²) >= 11 is 0. The zero-order chi connectivity index (χ0) is 70.4. The van der Waals surface area contributed by atoms with E-state index >= 15 is 0 Å². The van der Waals surface area contributed by atoms with Crippen LogP contribution in [0.5, 0.6) is 5.75 Å². The maximum absolute atomic E-state index is 11.5. The van der Waals surface area contributed by atoms with Crippen LogP contribution in [0, 0.1) is 101 Å². The number of aromatic hydroxyl groups is 1. The maximum Gasteiger partial charge on any atom is 0.508 e. The first-order chi connectivity index (χ1) is 43.9. The number of ether oxygens (including phenoxy) is 6. The van der Waals surface area contributed by atoms with Crippen LogP contribution in [0.3, 0.4) is 0 Å². The number of carbonyl (C=O) groups excluding carboxylic acids is 4. The number of hydrogen-bond donors (Lipinski definition) is 3. The number of nitrogens with zero attached hydrogens (tertiary/aromatic N) is 3. The van der Waals surface area contributed by atoms with Crippen LogP contribution >= 0.6 is 0 Å². The molecule has 4 rings (SSSR count). The molecule has 0 saturated heterocycles. The van der Waals surface area contributed by atoms with Gasteiger partial charge in [0, 0.05) is 77.4 Å². The molecule has 0 fully saturated rings. The van der Waals surface area contributed by atoms with Gasteiger partial charge in [-0.3, -0.25) is 35.1 Å². The lowest BCUT2D eigenvalue weighted by Gasteiger charge is -2.15. The number of rotatable bonds is 25. The highest BCUT2D eigenvalue weighted by atomic mass is 16.7. The number of nitro groups is 3. The van der Waals surface area contributed by atoms with E-state index in [0.29, 0.717) is 78.8 Å². The average Bonchev–Trinajstić information content (AvgIpc) is 1.00. The zero-order valence-corrected chi connectivity index (χ0v) is 55.9. The Hall–Kier alpha value is -10.4. The van der Waals surface area contributed by atoms with Crippen molar-refractivity contribution in [3.8, 4) is 53.1 Å². The molecule has 500 valence electrons. The standard InChI is InChI=1S/C18H22N2O5.C18H23NO4.C15H17NO5.C13H16O3.C7H11N/c1-13(2)11-24-18(21)25-12-16-10-15(6-5-9-19-14(3)4)7-8-17(16)20(22)23;1-13(2)12-23-15(4)17-10-9-16(11-18(17)19(21)22)8-6-5-7-14(3)20;1-4-5-12-6-7-14(16(18)19)13(8-12)10-21-15(17)20-9-11(2)3;1-10(2)9-16-13(15)8-7-11-5-3-4-6-12(11)14;1-4-5-6-8-7(2)3/h7-8,10,13,19H,3,9,11-12H2,1-2,4H3;9-11,13,15H,5,7,12H2,1-4H3;6-8,11H,9-10H2,1-3H3;3-8,10,14H,9H2,1-2H3;8H,2,6H2,1,3H3/b;;;8-7+;. The lowest BCUT2D eigenvalue weighted by molar-refractivity contribution is -0.386. The molecule has 0 heterocycles. The van der Waals surface area contributed by atoms with Gasteiger partial charge >= 0.3 is 18.3 Å². The third kappa shape index (κ3) is 40.8. The van der Waals surface area contributed by atoms with Gasteiger partial charge < -0.3 is 44.2 Å². The number of allylic oxidation sites excluding steroid dienone is 2. The summed E-state index contributed by atoms with van der Waals surface area (Å²) in [6.07, 6.45) is 1.66. The van der Waals surface area contributed by atoms with Crippen molar-refractivity contribution < 1.29 is 67.5 Å². The molecule has 1 atom stereocenters. The van der Waals surface area contributed by atoms with Crippen molar-refractivity contribution in [1.29, 1.82) is 0 Å². The van der Waals surface area contributed by atoms with Gasteiger partial charge in [0.25, 0.3) is 17.1 Å². The Morgan fingerprint density at radius 1 is 0.559 bits per heavy atom. The fraction of sp³-hybridized carbons (Fsp3) is 0.408. The summed E-state index contributed by atoms with van der Waals surface area (Å²) < 4.78 is 30.2. The lowest BCUT2D eigenvalue weighted by atomic mass is 10.0. The highest BCUT2D eigenvalue weighted by molar-refractivity contribution is 5.87. The lowest BCUT2D eigenvalue weighted by Crippen LogP contribution is -2.12. The molecule has 22 heteroatoms. The normalized spacial score (nSPS) is 10.2. The van der Waals surface area contributed by atoms with E-state index in [-0.39, 0.29) is 84.1 Å². The number of phenols is 1. The highest BCUT2D eigenvalue weighted by Crippen LogP contribution is 2.29. The van der Waals surface area contributed by atoms with E-state index in [1.165, 1.54) is 49.4 Å². The van der Waals surface area contributed by atoms with Crippen LogP contribution in [0.2, 0.25) is 0 Å². The van der Waals surface area contributed by atoms with Crippen molar-refractivity contribution in [3.05, 3.63) is 179 Å². The average molecular weight is 1280 g/mol. The Kier molecular flexibility index (Phi) is 42.2. The SMILES string of the molecule is C=C(C)NCC#CC.C=C(C)NCC#Cc1ccc([N+](=O)[O-])c(COC(=O)OCC(C)C)c1.CC#Cc1ccc([N+](=O)[O-])c(COC(=O)OCC(C)C)c1.CC(=O)CCC#Cc1ccc(C(C)OCC(C)C)c([N+](=O)[O-])c1.CC(C)COC(=O)/C=C/c1ccccc1O. The maximum atomic E-state index is 11.5. The molecule has 0 amide bonds. The molecule has 4 aromatic rings. The van der Waals surface area contributed by atoms with Crippen molar-refractivity contribution in [3.63, 3.8) is 0 Å². The van der Waals surface area contributed by atoms with Crippen LogP contribution in [0.1, 0.15) is 155 Å². The second kappa shape index (κ2) is 47.5.